The van der Waals surface area contributed by atoms with Crippen molar-refractivity contribution in [3.8, 4) is 11.3 Å². The summed E-state index contributed by atoms with van der Waals surface area (Å²) >= 11 is 0. The SMILES string of the molecule is CCCC1C=CCN1C(=O)c1cc(-c2c(C)nn(C)c2C)nn1C. The van der Waals surface area contributed by atoms with Gasteiger partial charge in [0.25, 0.3) is 5.91 Å². The van der Waals surface area contributed by atoms with Gasteiger partial charge in [-0.05, 0) is 26.3 Å². The molecule has 3 heterocycles. The van der Waals surface area contributed by atoms with Gasteiger partial charge in [-0.3, -0.25) is 14.2 Å². The topological polar surface area (TPSA) is 56.0 Å². The van der Waals surface area contributed by atoms with Crippen LogP contribution in [0.1, 0.15) is 41.6 Å². The van der Waals surface area contributed by atoms with Crippen molar-refractivity contribution in [1.82, 2.24) is 24.5 Å². The maximum absolute atomic E-state index is 13.0. The smallest absolute Gasteiger partial charge is 0.272 e. The molecule has 1 amide bonds. The summed E-state index contributed by atoms with van der Waals surface area (Å²) in [5.41, 5.74) is 4.42. The number of nitrogens with zero attached hydrogens (tertiary/aromatic N) is 5. The van der Waals surface area contributed by atoms with E-state index in [1.54, 1.807) is 4.68 Å². The molecule has 0 spiro atoms. The van der Waals surface area contributed by atoms with Crippen molar-refractivity contribution in [2.24, 2.45) is 14.1 Å². The summed E-state index contributed by atoms with van der Waals surface area (Å²) in [6, 6.07) is 2.09. The van der Waals surface area contributed by atoms with Gasteiger partial charge >= 0.3 is 0 Å². The van der Waals surface area contributed by atoms with Gasteiger partial charge in [0.05, 0.1) is 17.4 Å². The lowest BCUT2D eigenvalue weighted by atomic mass is 10.1. The first-order valence-corrected chi connectivity index (χ1v) is 8.46. The van der Waals surface area contributed by atoms with Crippen LogP contribution < -0.4 is 0 Å². The molecule has 0 fully saturated rings. The Morgan fingerprint density at radius 2 is 2.00 bits per heavy atom. The van der Waals surface area contributed by atoms with Crippen LogP contribution in [0.25, 0.3) is 11.3 Å². The number of aromatic nitrogens is 4. The Balaban J connectivity index is 1.93. The Morgan fingerprint density at radius 3 is 2.62 bits per heavy atom. The first-order valence-electron chi connectivity index (χ1n) is 8.46. The second kappa shape index (κ2) is 6.26. The maximum Gasteiger partial charge on any atom is 0.272 e. The van der Waals surface area contributed by atoms with Crippen molar-refractivity contribution in [2.75, 3.05) is 6.54 Å². The lowest BCUT2D eigenvalue weighted by Gasteiger charge is -2.24. The van der Waals surface area contributed by atoms with E-state index < -0.39 is 0 Å². The zero-order valence-electron chi connectivity index (χ0n) is 15.1. The Bertz CT molecular complexity index is 799. The van der Waals surface area contributed by atoms with Gasteiger partial charge in [-0.25, -0.2) is 0 Å². The van der Waals surface area contributed by atoms with Crippen molar-refractivity contribution in [1.29, 1.82) is 0 Å². The Kier molecular flexibility index (Phi) is 4.30. The largest absolute Gasteiger partial charge is 0.327 e. The predicted molar refractivity (Wildman–Crippen MR) is 93.8 cm³/mol. The molecule has 6 nitrogen and oxygen atoms in total. The third-order valence-corrected chi connectivity index (χ3v) is 4.77. The maximum atomic E-state index is 13.0. The first kappa shape index (κ1) is 16.5. The van der Waals surface area contributed by atoms with E-state index in [0.717, 1.165) is 35.5 Å². The van der Waals surface area contributed by atoms with E-state index in [-0.39, 0.29) is 11.9 Å². The molecular weight excluding hydrogens is 302 g/mol. The van der Waals surface area contributed by atoms with Gasteiger partial charge in [0.1, 0.15) is 5.69 Å². The summed E-state index contributed by atoms with van der Waals surface area (Å²) in [6.45, 7) is 6.81. The lowest BCUT2D eigenvalue weighted by molar-refractivity contribution is 0.0733. The number of hydrogen-bond acceptors (Lipinski definition) is 3. The number of carbonyl (C=O) groups is 1. The fourth-order valence-electron chi connectivity index (χ4n) is 3.43. The van der Waals surface area contributed by atoms with Gasteiger partial charge in [0.15, 0.2) is 0 Å². The standard InChI is InChI=1S/C18H25N5O/c1-6-8-14-9-7-10-23(14)18(24)16-11-15(20-22(16)5)17-12(2)19-21(4)13(17)3/h7,9,11,14H,6,8,10H2,1-5H3. The van der Waals surface area contributed by atoms with Gasteiger partial charge in [0.2, 0.25) is 0 Å². The van der Waals surface area contributed by atoms with E-state index >= 15 is 0 Å². The van der Waals surface area contributed by atoms with Crippen LogP contribution in [-0.4, -0.2) is 43.0 Å². The van der Waals surface area contributed by atoms with E-state index in [1.165, 1.54) is 0 Å². The van der Waals surface area contributed by atoms with E-state index in [2.05, 4.69) is 29.3 Å². The van der Waals surface area contributed by atoms with Crippen LogP contribution in [-0.2, 0) is 14.1 Å². The molecule has 3 rings (SSSR count). The molecule has 2 aromatic heterocycles. The van der Waals surface area contributed by atoms with Crippen molar-refractivity contribution in [3.63, 3.8) is 0 Å². The van der Waals surface area contributed by atoms with Gasteiger partial charge in [0, 0.05) is 31.9 Å². The van der Waals surface area contributed by atoms with E-state index in [1.807, 2.05) is 43.6 Å². The van der Waals surface area contributed by atoms with Crippen LogP contribution in [0, 0.1) is 13.8 Å². The molecule has 1 aliphatic heterocycles. The highest BCUT2D eigenvalue weighted by Gasteiger charge is 2.28. The Labute approximate surface area is 142 Å². The monoisotopic (exact) mass is 327 g/mol. The minimum atomic E-state index is 0.0406. The average Bonchev–Trinajstić information content (AvgIpc) is 3.19. The molecule has 0 bridgehead atoms. The molecule has 0 aromatic carbocycles. The quantitative estimate of drug-likeness (QED) is 0.811. The van der Waals surface area contributed by atoms with Crippen LogP contribution in [0.3, 0.4) is 0 Å². The molecule has 128 valence electrons. The van der Waals surface area contributed by atoms with Crippen molar-refractivity contribution < 1.29 is 4.79 Å². The van der Waals surface area contributed by atoms with Crippen LogP contribution in [0.5, 0.6) is 0 Å². The van der Waals surface area contributed by atoms with Crippen molar-refractivity contribution in [3.05, 3.63) is 35.3 Å². The third kappa shape index (κ3) is 2.66. The highest BCUT2D eigenvalue weighted by atomic mass is 16.2. The lowest BCUT2D eigenvalue weighted by Crippen LogP contribution is -2.37. The Morgan fingerprint density at radius 1 is 1.25 bits per heavy atom. The summed E-state index contributed by atoms with van der Waals surface area (Å²) < 4.78 is 3.54. The number of hydrogen-bond donors (Lipinski definition) is 0. The minimum Gasteiger partial charge on any atom is -0.327 e. The zero-order chi connectivity index (χ0) is 17.4. The Hall–Kier alpha value is -2.37. The molecule has 1 atom stereocenters. The molecule has 0 N–H and O–H groups in total. The van der Waals surface area contributed by atoms with E-state index in [9.17, 15) is 4.79 Å². The summed E-state index contributed by atoms with van der Waals surface area (Å²) in [5, 5.41) is 9.02. The second-order valence-corrected chi connectivity index (χ2v) is 6.45. The number of amides is 1. The molecule has 0 saturated carbocycles. The van der Waals surface area contributed by atoms with Crippen LogP contribution in [0.2, 0.25) is 0 Å². The molecule has 0 radical (unpaired) electrons. The summed E-state index contributed by atoms with van der Waals surface area (Å²) in [4.78, 5) is 14.9. The minimum absolute atomic E-state index is 0.0406. The first-order chi connectivity index (χ1) is 11.4. The van der Waals surface area contributed by atoms with Gasteiger partial charge in [-0.15, -0.1) is 0 Å². The van der Waals surface area contributed by atoms with Gasteiger partial charge in [-0.1, -0.05) is 25.5 Å². The fourth-order valence-corrected chi connectivity index (χ4v) is 3.43. The van der Waals surface area contributed by atoms with Crippen LogP contribution in [0.15, 0.2) is 18.2 Å². The molecule has 1 aliphatic rings. The molecule has 6 heteroatoms. The number of rotatable bonds is 4. The normalized spacial score (nSPS) is 17.0. The third-order valence-electron chi connectivity index (χ3n) is 4.77. The second-order valence-electron chi connectivity index (χ2n) is 6.45. The van der Waals surface area contributed by atoms with E-state index in [4.69, 9.17) is 0 Å². The van der Waals surface area contributed by atoms with E-state index in [0.29, 0.717) is 12.2 Å². The highest BCUT2D eigenvalue weighted by molar-refractivity contribution is 5.94. The summed E-state index contributed by atoms with van der Waals surface area (Å²) in [7, 11) is 3.75. The number of aryl methyl sites for hydroxylation is 3. The van der Waals surface area contributed by atoms with Crippen LogP contribution in [0.4, 0.5) is 0 Å². The predicted octanol–water partition coefficient (Wildman–Crippen LogP) is 2.62. The number of carbonyl (C=O) groups excluding carboxylic acids is 1. The summed E-state index contributed by atoms with van der Waals surface area (Å²) in [5.74, 6) is 0.0406. The van der Waals surface area contributed by atoms with Crippen molar-refractivity contribution in [2.45, 2.75) is 39.7 Å². The fraction of sp³-hybridized carbons (Fsp3) is 0.500. The molecule has 2 aromatic rings. The molecule has 1 unspecified atom stereocenters. The zero-order valence-corrected chi connectivity index (χ0v) is 15.1. The summed E-state index contributed by atoms with van der Waals surface area (Å²) in [6.07, 6.45) is 6.26. The van der Waals surface area contributed by atoms with Gasteiger partial charge in [-0.2, -0.15) is 10.2 Å². The highest BCUT2D eigenvalue weighted by Crippen LogP contribution is 2.27. The molecular formula is C18H25N5O. The molecule has 0 aliphatic carbocycles. The molecule has 0 saturated heterocycles. The van der Waals surface area contributed by atoms with Gasteiger partial charge < -0.3 is 4.90 Å². The average molecular weight is 327 g/mol. The van der Waals surface area contributed by atoms with Crippen molar-refractivity contribution >= 4 is 5.91 Å². The molecule has 24 heavy (non-hydrogen) atoms. The van der Waals surface area contributed by atoms with Crippen LogP contribution >= 0.6 is 0 Å².